The number of benzene rings is 6. The Hall–Kier alpha value is -4.62. The van der Waals surface area contributed by atoms with Crippen molar-refractivity contribution in [2.45, 2.75) is 64.2 Å². The van der Waals surface area contributed by atoms with E-state index >= 15 is 0 Å². The number of rotatable bonds is 6. The van der Waals surface area contributed by atoms with Gasteiger partial charge in [0.05, 0.1) is 11.4 Å². The molecule has 1 saturated carbocycles. The van der Waals surface area contributed by atoms with Gasteiger partial charge in [0.2, 0.25) is 0 Å². The maximum Gasteiger partial charge on any atom is 0.0540 e. The molecule has 45 heavy (non-hydrogen) atoms. The lowest BCUT2D eigenvalue weighted by atomic mass is 9.80. The van der Waals surface area contributed by atoms with Gasteiger partial charge in [-0.25, -0.2) is 0 Å². The van der Waals surface area contributed by atoms with E-state index in [1.807, 2.05) is 0 Å². The summed E-state index contributed by atoms with van der Waals surface area (Å²) in [6.45, 7) is 6.85. The zero-order chi connectivity index (χ0) is 30.8. The van der Waals surface area contributed by atoms with E-state index in [1.54, 1.807) is 0 Å². The normalized spacial score (nSPS) is 14.0. The van der Waals surface area contributed by atoms with E-state index in [0.717, 1.165) is 5.69 Å². The predicted molar refractivity (Wildman–Crippen MR) is 194 cm³/mol. The van der Waals surface area contributed by atoms with Crippen molar-refractivity contribution in [3.8, 4) is 22.3 Å². The molecule has 0 radical (unpaired) electrons. The van der Waals surface area contributed by atoms with E-state index in [0.29, 0.717) is 5.92 Å². The number of hydrogen-bond acceptors (Lipinski definition) is 1. The first-order valence-corrected chi connectivity index (χ1v) is 16.7. The molecule has 1 aliphatic carbocycles. The van der Waals surface area contributed by atoms with Crippen LogP contribution >= 0.6 is 0 Å². The Labute approximate surface area is 269 Å². The molecular weight excluding hydrogens is 542 g/mol. The fourth-order valence-electron chi connectivity index (χ4n) is 7.29. The second kappa shape index (κ2) is 12.4. The second-order valence-electron chi connectivity index (χ2n) is 13.6. The Morgan fingerprint density at radius 3 is 1.78 bits per heavy atom. The van der Waals surface area contributed by atoms with Crippen LogP contribution in [0.1, 0.15) is 69.9 Å². The number of para-hydroxylation sites is 2. The monoisotopic (exact) mass is 585 g/mol. The van der Waals surface area contributed by atoms with Gasteiger partial charge < -0.3 is 4.90 Å². The van der Waals surface area contributed by atoms with Gasteiger partial charge in [0.25, 0.3) is 0 Å². The number of anilines is 3. The van der Waals surface area contributed by atoms with Crippen molar-refractivity contribution in [1.82, 2.24) is 0 Å². The van der Waals surface area contributed by atoms with Gasteiger partial charge in [0.15, 0.2) is 0 Å². The van der Waals surface area contributed by atoms with Gasteiger partial charge in [-0.3, -0.25) is 0 Å². The predicted octanol–water partition coefficient (Wildman–Crippen LogP) is 13.0. The third kappa shape index (κ3) is 5.80. The van der Waals surface area contributed by atoms with E-state index in [4.69, 9.17) is 0 Å². The minimum atomic E-state index is 0.0850. The standard InChI is InChI=1S/C44H43N/c1-44(2,3)35-28-30-36(31-29-35)45(41-26-12-10-22-37(41)32-16-6-4-7-17-32)42-27-13-11-23-39(42)40-25-15-21-34-20-14-24-38(43(34)40)33-18-8-5-9-19-33/h4,6-7,10-17,20-31,33H,5,8-9,18-19H2,1-3H3. The molecular formula is C44H43N. The number of fused-ring (bicyclic) bond motifs is 1. The molecule has 1 fully saturated rings. The smallest absolute Gasteiger partial charge is 0.0540 e. The summed E-state index contributed by atoms with van der Waals surface area (Å²) in [5.74, 6) is 0.621. The van der Waals surface area contributed by atoms with Crippen LogP contribution in [0.5, 0.6) is 0 Å². The molecule has 0 atom stereocenters. The van der Waals surface area contributed by atoms with Gasteiger partial charge in [-0.15, -0.1) is 0 Å². The maximum absolute atomic E-state index is 2.48. The Kier molecular flexibility index (Phi) is 8.03. The molecule has 6 aromatic carbocycles. The first-order valence-electron chi connectivity index (χ1n) is 16.7. The fraction of sp³-hybridized carbons (Fsp3) is 0.227. The molecule has 0 amide bonds. The van der Waals surface area contributed by atoms with Crippen molar-refractivity contribution in [2.75, 3.05) is 4.90 Å². The largest absolute Gasteiger partial charge is 0.309 e. The van der Waals surface area contributed by atoms with Crippen LogP contribution in [-0.4, -0.2) is 0 Å². The molecule has 0 spiro atoms. The van der Waals surface area contributed by atoms with Gasteiger partial charge in [0.1, 0.15) is 0 Å². The van der Waals surface area contributed by atoms with Crippen molar-refractivity contribution in [2.24, 2.45) is 0 Å². The molecule has 0 aromatic heterocycles. The highest BCUT2D eigenvalue weighted by atomic mass is 15.1. The highest BCUT2D eigenvalue weighted by Crippen LogP contribution is 2.47. The summed E-state index contributed by atoms with van der Waals surface area (Å²) in [7, 11) is 0. The molecule has 1 aliphatic rings. The van der Waals surface area contributed by atoms with Gasteiger partial charge in [-0.2, -0.15) is 0 Å². The lowest BCUT2D eigenvalue weighted by Crippen LogP contribution is -2.14. The topological polar surface area (TPSA) is 3.24 Å². The molecule has 7 rings (SSSR count). The first-order chi connectivity index (χ1) is 22.0. The van der Waals surface area contributed by atoms with Crippen LogP contribution in [0.2, 0.25) is 0 Å². The van der Waals surface area contributed by atoms with Crippen molar-refractivity contribution < 1.29 is 0 Å². The van der Waals surface area contributed by atoms with E-state index in [1.165, 1.54) is 87.6 Å². The Morgan fingerprint density at radius 2 is 1.09 bits per heavy atom. The van der Waals surface area contributed by atoms with Crippen LogP contribution in [0.4, 0.5) is 17.1 Å². The van der Waals surface area contributed by atoms with Crippen molar-refractivity contribution in [3.05, 3.63) is 151 Å². The van der Waals surface area contributed by atoms with Crippen LogP contribution in [0, 0.1) is 0 Å². The minimum absolute atomic E-state index is 0.0850. The minimum Gasteiger partial charge on any atom is -0.309 e. The highest BCUT2D eigenvalue weighted by molar-refractivity contribution is 6.04. The molecule has 0 aliphatic heterocycles. The first kappa shape index (κ1) is 29.1. The molecule has 0 heterocycles. The lowest BCUT2D eigenvalue weighted by molar-refractivity contribution is 0.445. The molecule has 0 N–H and O–H groups in total. The SMILES string of the molecule is CC(C)(C)c1ccc(N(c2ccccc2-c2ccccc2)c2ccccc2-c2cccc3cccc(C4CCCCC4)c23)cc1. The third-order valence-corrected chi connectivity index (χ3v) is 9.64. The molecule has 224 valence electrons. The summed E-state index contributed by atoms with van der Waals surface area (Å²) in [5, 5.41) is 2.75. The zero-order valence-electron chi connectivity index (χ0n) is 26.8. The van der Waals surface area contributed by atoms with Gasteiger partial charge in [-0.1, -0.05) is 155 Å². The van der Waals surface area contributed by atoms with Crippen molar-refractivity contribution in [3.63, 3.8) is 0 Å². The Balaban J connectivity index is 1.48. The third-order valence-electron chi connectivity index (χ3n) is 9.64. The van der Waals surface area contributed by atoms with E-state index in [2.05, 4.69) is 165 Å². The quantitative estimate of drug-likeness (QED) is 0.188. The molecule has 1 heteroatoms. The molecule has 0 unspecified atom stereocenters. The summed E-state index contributed by atoms with van der Waals surface area (Å²) < 4.78 is 0. The van der Waals surface area contributed by atoms with Crippen LogP contribution in [0.25, 0.3) is 33.0 Å². The van der Waals surface area contributed by atoms with Crippen molar-refractivity contribution in [1.29, 1.82) is 0 Å². The van der Waals surface area contributed by atoms with E-state index in [-0.39, 0.29) is 5.41 Å². The fourth-order valence-corrected chi connectivity index (χ4v) is 7.29. The van der Waals surface area contributed by atoms with Gasteiger partial charge in [-0.05, 0) is 81.5 Å². The number of nitrogens with zero attached hydrogens (tertiary/aromatic N) is 1. The highest BCUT2D eigenvalue weighted by Gasteiger charge is 2.24. The summed E-state index contributed by atoms with van der Waals surface area (Å²) in [6, 6.07) is 51.7. The Bertz CT molecular complexity index is 1900. The lowest BCUT2D eigenvalue weighted by Gasteiger charge is -2.31. The van der Waals surface area contributed by atoms with Crippen LogP contribution < -0.4 is 4.90 Å². The van der Waals surface area contributed by atoms with E-state index < -0.39 is 0 Å². The summed E-state index contributed by atoms with van der Waals surface area (Å²) in [5.41, 5.74) is 11.5. The Morgan fingerprint density at radius 1 is 0.511 bits per heavy atom. The summed E-state index contributed by atoms with van der Waals surface area (Å²) >= 11 is 0. The van der Waals surface area contributed by atoms with Crippen molar-refractivity contribution >= 4 is 27.8 Å². The molecule has 0 bridgehead atoms. The van der Waals surface area contributed by atoms with Crippen LogP contribution in [0.3, 0.4) is 0 Å². The zero-order valence-corrected chi connectivity index (χ0v) is 26.8. The van der Waals surface area contributed by atoms with Crippen LogP contribution in [-0.2, 0) is 5.41 Å². The van der Waals surface area contributed by atoms with Crippen LogP contribution in [0.15, 0.2) is 140 Å². The second-order valence-corrected chi connectivity index (χ2v) is 13.6. The number of hydrogen-bond donors (Lipinski definition) is 0. The van der Waals surface area contributed by atoms with E-state index in [9.17, 15) is 0 Å². The summed E-state index contributed by atoms with van der Waals surface area (Å²) in [6.07, 6.45) is 6.58. The molecule has 6 aromatic rings. The maximum atomic E-state index is 2.48. The van der Waals surface area contributed by atoms with Gasteiger partial charge >= 0.3 is 0 Å². The summed E-state index contributed by atoms with van der Waals surface area (Å²) in [4.78, 5) is 2.48. The average molecular weight is 586 g/mol. The molecule has 0 saturated heterocycles. The van der Waals surface area contributed by atoms with Gasteiger partial charge in [0, 0.05) is 16.8 Å². The molecule has 1 nitrogen and oxygen atoms in total. The average Bonchev–Trinajstić information content (AvgIpc) is 3.09.